The Morgan fingerprint density at radius 1 is 1.00 bits per heavy atom. The van der Waals surface area contributed by atoms with Gasteiger partial charge in [-0.3, -0.25) is 4.39 Å². The second-order valence-corrected chi connectivity index (χ2v) is 3.29. The van der Waals surface area contributed by atoms with E-state index in [0.29, 0.717) is 0 Å². The summed E-state index contributed by atoms with van der Waals surface area (Å²) >= 11 is 0. The van der Waals surface area contributed by atoms with E-state index in [2.05, 4.69) is 13.8 Å². The lowest BCUT2D eigenvalue weighted by Crippen LogP contribution is -1.87. The van der Waals surface area contributed by atoms with Crippen LogP contribution in [0.5, 0.6) is 0 Å². The zero-order valence-electron chi connectivity index (χ0n) is 7.20. The molecule has 0 unspecified atom stereocenters. The van der Waals surface area contributed by atoms with Crippen molar-refractivity contribution in [2.45, 2.75) is 46.0 Å². The molecule has 62 valence electrons. The van der Waals surface area contributed by atoms with Gasteiger partial charge in [-0.1, -0.05) is 39.5 Å². The normalized spacial score (nSPS) is 10.8. The fourth-order valence-electron chi connectivity index (χ4n) is 1.00. The monoisotopic (exact) mass is 146 g/mol. The predicted octanol–water partition coefficient (Wildman–Crippen LogP) is 3.56. The molecule has 0 fully saturated rings. The molecule has 0 nitrogen and oxygen atoms in total. The Labute approximate surface area is 63.8 Å². The molecule has 0 spiro atoms. The van der Waals surface area contributed by atoms with Crippen LogP contribution in [0, 0.1) is 5.92 Å². The maximum absolute atomic E-state index is 11.6. The van der Waals surface area contributed by atoms with E-state index in [9.17, 15) is 4.39 Å². The van der Waals surface area contributed by atoms with E-state index in [-0.39, 0.29) is 6.67 Å². The van der Waals surface area contributed by atoms with Crippen molar-refractivity contribution in [3.05, 3.63) is 0 Å². The smallest absolute Gasteiger partial charge is 0.0894 e. The largest absolute Gasteiger partial charge is 0.251 e. The minimum atomic E-state index is -0.137. The fourth-order valence-corrected chi connectivity index (χ4v) is 1.00. The first-order valence-corrected chi connectivity index (χ1v) is 4.33. The number of rotatable bonds is 6. The average molecular weight is 146 g/mol. The summed E-state index contributed by atoms with van der Waals surface area (Å²) in [6, 6.07) is 0. The molecule has 0 atom stereocenters. The SMILES string of the molecule is CC(C)CCCCCCF. The van der Waals surface area contributed by atoms with Crippen molar-refractivity contribution in [3.63, 3.8) is 0 Å². The molecule has 0 aliphatic rings. The summed E-state index contributed by atoms with van der Waals surface area (Å²) in [4.78, 5) is 0. The third-order valence-corrected chi connectivity index (χ3v) is 1.67. The molecule has 1 heteroatoms. The number of halogens is 1. The Bertz CT molecular complexity index is 59.7. The van der Waals surface area contributed by atoms with Gasteiger partial charge in [-0.15, -0.1) is 0 Å². The van der Waals surface area contributed by atoms with Gasteiger partial charge in [-0.2, -0.15) is 0 Å². The van der Waals surface area contributed by atoms with Crippen molar-refractivity contribution in [3.8, 4) is 0 Å². The molecular formula is C9H19F. The first kappa shape index (κ1) is 9.93. The summed E-state index contributed by atoms with van der Waals surface area (Å²) in [5.74, 6) is 0.811. The van der Waals surface area contributed by atoms with E-state index in [1.54, 1.807) is 0 Å². The summed E-state index contributed by atoms with van der Waals surface area (Å²) in [5, 5.41) is 0. The van der Waals surface area contributed by atoms with E-state index in [0.717, 1.165) is 18.8 Å². The van der Waals surface area contributed by atoms with Crippen LogP contribution in [-0.2, 0) is 0 Å². The molecule has 0 N–H and O–H groups in total. The van der Waals surface area contributed by atoms with Gasteiger partial charge < -0.3 is 0 Å². The number of alkyl halides is 1. The molecule has 0 rings (SSSR count). The minimum Gasteiger partial charge on any atom is -0.251 e. The molecule has 0 saturated carbocycles. The second-order valence-electron chi connectivity index (χ2n) is 3.29. The minimum absolute atomic E-state index is 0.137. The van der Waals surface area contributed by atoms with Crippen LogP contribution in [0.2, 0.25) is 0 Å². The third-order valence-electron chi connectivity index (χ3n) is 1.67. The maximum Gasteiger partial charge on any atom is 0.0894 e. The summed E-state index contributed by atoms with van der Waals surface area (Å²) in [5.41, 5.74) is 0. The van der Waals surface area contributed by atoms with Crippen LogP contribution < -0.4 is 0 Å². The Morgan fingerprint density at radius 3 is 2.10 bits per heavy atom. The van der Waals surface area contributed by atoms with Crippen molar-refractivity contribution < 1.29 is 4.39 Å². The van der Waals surface area contributed by atoms with Crippen LogP contribution in [0.15, 0.2) is 0 Å². The van der Waals surface area contributed by atoms with Crippen molar-refractivity contribution in [2.24, 2.45) is 5.92 Å². The van der Waals surface area contributed by atoms with Gasteiger partial charge in [0.05, 0.1) is 6.67 Å². The van der Waals surface area contributed by atoms with Crippen LogP contribution >= 0.6 is 0 Å². The van der Waals surface area contributed by atoms with E-state index in [1.807, 2.05) is 0 Å². The summed E-state index contributed by atoms with van der Waals surface area (Å²) in [6.07, 6.45) is 5.62. The quantitative estimate of drug-likeness (QED) is 0.502. The Kier molecular flexibility index (Phi) is 6.99. The van der Waals surface area contributed by atoms with Crippen molar-refractivity contribution >= 4 is 0 Å². The summed E-state index contributed by atoms with van der Waals surface area (Å²) < 4.78 is 11.6. The van der Waals surface area contributed by atoms with E-state index in [1.165, 1.54) is 19.3 Å². The van der Waals surface area contributed by atoms with Gasteiger partial charge in [0.15, 0.2) is 0 Å². The van der Waals surface area contributed by atoms with Crippen LogP contribution in [0.3, 0.4) is 0 Å². The molecule has 10 heavy (non-hydrogen) atoms. The van der Waals surface area contributed by atoms with Gasteiger partial charge in [-0.05, 0) is 12.3 Å². The highest BCUT2D eigenvalue weighted by Crippen LogP contribution is 2.08. The zero-order chi connectivity index (χ0) is 7.82. The van der Waals surface area contributed by atoms with Gasteiger partial charge in [0.25, 0.3) is 0 Å². The molecule has 0 aliphatic carbocycles. The van der Waals surface area contributed by atoms with Gasteiger partial charge in [0.2, 0.25) is 0 Å². The first-order chi connectivity index (χ1) is 4.77. The highest BCUT2D eigenvalue weighted by Gasteiger charge is 1.93. The number of unbranched alkanes of at least 4 members (excludes halogenated alkanes) is 3. The Balaban J connectivity index is 2.77. The topological polar surface area (TPSA) is 0 Å². The van der Waals surface area contributed by atoms with Crippen LogP contribution in [0.25, 0.3) is 0 Å². The number of hydrogen-bond acceptors (Lipinski definition) is 0. The predicted molar refractivity (Wildman–Crippen MR) is 43.9 cm³/mol. The van der Waals surface area contributed by atoms with Gasteiger partial charge in [0.1, 0.15) is 0 Å². The van der Waals surface area contributed by atoms with Crippen molar-refractivity contribution in [1.82, 2.24) is 0 Å². The lowest BCUT2D eigenvalue weighted by Gasteiger charge is -2.02. The molecule has 0 aromatic rings. The molecular weight excluding hydrogens is 127 g/mol. The number of hydrogen-bond donors (Lipinski definition) is 0. The van der Waals surface area contributed by atoms with Gasteiger partial charge in [-0.25, -0.2) is 0 Å². The molecule has 0 aromatic heterocycles. The fraction of sp³-hybridized carbons (Fsp3) is 1.00. The van der Waals surface area contributed by atoms with Gasteiger partial charge in [0, 0.05) is 0 Å². The Morgan fingerprint density at radius 2 is 1.60 bits per heavy atom. The molecule has 0 heterocycles. The zero-order valence-corrected chi connectivity index (χ0v) is 7.20. The van der Waals surface area contributed by atoms with E-state index in [4.69, 9.17) is 0 Å². The standard InChI is InChI=1S/C9H19F/c1-9(2)7-5-3-4-6-8-10/h9H,3-8H2,1-2H3. The lowest BCUT2D eigenvalue weighted by atomic mass is 10.0. The summed E-state index contributed by atoms with van der Waals surface area (Å²) in [7, 11) is 0. The van der Waals surface area contributed by atoms with E-state index < -0.39 is 0 Å². The van der Waals surface area contributed by atoms with Crippen LogP contribution in [0.4, 0.5) is 4.39 Å². The average Bonchev–Trinajstić information content (AvgIpc) is 1.87. The van der Waals surface area contributed by atoms with Crippen LogP contribution in [0.1, 0.15) is 46.0 Å². The molecule has 0 aromatic carbocycles. The molecule has 0 aliphatic heterocycles. The molecule has 0 saturated heterocycles. The second kappa shape index (κ2) is 7.04. The van der Waals surface area contributed by atoms with Crippen molar-refractivity contribution in [1.29, 1.82) is 0 Å². The van der Waals surface area contributed by atoms with Crippen LogP contribution in [-0.4, -0.2) is 6.67 Å². The highest BCUT2D eigenvalue weighted by atomic mass is 19.1. The first-order valence-electron chi connectivity index (χ1n) is 4.33. The molecule has 0 amide bonds. The molecule has 0 radical (unpaired) electrons. The van der Waals surface area contributed by atoms with Crippen molar-refractivity contribution in [2.75, 3.05) is 6.67 Å². The maximum atomic E-state index is 11.6. The summed E-state index contributed by atoms with van der Waals surface area (Å²) in [6.45, 7) is 4.33. The Hall–Kier alpha value is -0.0700. The molecule has 0 bridgehead atoms. The van der Waals surface area contributed by atoms with E-state index >= 15 is 0 Å². The van der Waals surface area contributed by atoms with Gasteiger partial charge >= 0.3 is 0 Å². The lowest BCUT2D eigenvalue weighted by molar-refractivity contribution is 0.443. The highest BCUT2D eigenvalue weighted by molar-refractivity contribution is 4.47. The third kappa shape index (κ3) is 7.93.